The van der Waals surface area contributed by atoms with Crippen LogP contribution in [-0.2, 0) is 6.42 Å². The van der Waals surface area contributed by atoms with E-state index in [1.54, 1.807) is 0 Å². The van der Waals surface area contributed by atoms with Gasteiger partial charge in [0.15, 0.2) is 0 Å². The summed E-state index contributed by atoms with van der Waals surface area (Å²) in [5.41, 5.74) is 15.0. The van der Waals surface area contributed by atoms with Gasteiger partial charge in [0.2, 0.25) is 0 Å². The lowest BCUT2D eigenvalue weighted by Crippen LogP contribution is -1.96. The van der Waals surface area contributed by atoms with Crippen molar-refractivity contribution in [1.29, 1.82) is 0 Å². The molecule has 2 nitrogen and oxygen atoms in total. The normalized spacial score (nSPS) is 11.2. The molecule has 0 amide bonds. The van der Waals surface area contributed by atoms with Crippen LogP contribution in [0.25, 0.3) is 10.8 Å². The molecule has 126 valence electrons. The fourth-order valence-corrected chi connectivity index (χ4v) is 3.22. The number of rotatable bonds is 10. The van der Waals surface area contributed by atoms with Gasteiger partial charge in [-0.25, -0.2) is 0 Å². The van der Waals surface area contributed by atoms with E-state index < -0.39 is 0 Å². The summed E-state index contributed by atoms with van der Waals surface area (Å²) in [5.74, 6) is 0. The third-order valence-electron chi connectivity index (χ3n) is 4.67. The summed E-state index contributed by atoms with van der Waals surface area (Å²) < 4.78 is 0. The lowest BCUT2D eigenvalue weighted by atomic mass is 9.99. The number of aryl methyl sites for hydroxylation is 1. The highest BCUT2D eigenvalue weighted by molar-refractivity contribution is 5.89. The van der Waals surface area contributed by atoms with E-state index in [1.165, 1.54) is 68.7 Å². The number of unbranched alkanes of at least 4 members (excludes halogenated alkanes) is 8. The van der Waals surface area contributed by atoms with E-state index in [0.29, 0.717) is 0 Å². The lowest BCUT2D eigenvalue weighted by Gasteiger charge is -2.09. The van der Waals surface area contributed by atoms with Gasteiger partial charge in [0.1, 0.15) is 0 Å². The Morgan fingerprint density at radius 2 is 1.35 bits per heavy atom. The largest absolute Gasteiger partial charge is 0.399 e. The summed E-state index contributed by atoms with van der Waals surface area (Å²) in [7, 11) is 0. The quantitative estimate of drug-likeness (QED) is 0.413. The topological polar surface area (TPSA) is 52.0 Å². The highest BCUT2D eigenvalue weighted by Gasteiger charge is 2.03. The summed E-state index contributed by atoms with van der Waals surface area (Å²) in [4.78, 5) is 0. The fourth-order valence-electron chi connectivity index (χ4n) is 3.22. The minimum atomic E-state index is 0.795. The van der Waals surface area contributed by atoms with Crippen molar-refractivity contribution < 1.29 is 0 Å². The molecule has 0 atom stereocenters. The lowest BCUT2D eigenvalue weighted by molar-refractivity contribution is 0.565. The predicted octanol–water partition coefficient (Wildman–Crippen LogP) is 6.08. The summed E-state index contributed by atoms with van der Waals surface area (Å²) >= 11 is 0. The Morgan fingerprint density at radius 1 is 0.696 bits per heavy atom. The van der Waals surface area contributed by atoms with Crippen LogP contribution >= 0.6 is 0 Å². The van der Waals surface area contributed by atoms with Crippen molar-refractivity contribution >= 4 is 22.1 Å². The molecule has 0 aliphatic heterocycles. The molecule has 0 saturated carbocycles. The van der Waals surface area contributed by atoms with Gasteiger partial charge < -0.3 is 11.5 Å². The van der Waals surface area contributed by atoms with Crippen molar-refractivity contribution in [3.05, 3.63) is 35.9 Å². The van der Waals surface area contributed by atoms with Gasteiger partial charge in [0.05, 0.1) is 0 Å². The van der Waals surface area contributed by atoms with E-state index in [-0.39, 0.29) is 0 Å². The van der Waals surface area contributed by atoms with Crippen LogP contribution in [0.2, 0.25) is 0 Å². The van der Waals surface area contributed by atoms with E-state index >= 15 is 0 Å². The monoisotopic (exact) mass is 312 g/mol. The summed E-state index contributed by atoms with van der Waals surface area (Å²) in [5, 5.41) is 2.37. The summed E-state index contributed by atoms with van der Waals surface area (Å²) in [6, 6.07) is 10.3. The molecule has 0 unspecified atom stereocenters. The van der Waals surface area contributed by atoms with E-state index in [0.717, 1.165) is 23.2 Å². The number of anilines is 2. The predicted molar refractivity (Wildman–Crippen MR) is 104 cm³/mol. The van der Waals surface area contributed by atoms with Gasteiger partial charge in [0, 0.05) is 11.4 Å². The van der Waals surface area contributed by atoms with Crippen LogP contribution in [0.5, 0.6) is 0 Å². The molecule has 0 bridgehead atoms. The molecule has 2 aromatic carbocycles. The molecule has 4 N–H and O–H groups in total. The minimum absolute atomic E-state index is 0.795. The van der Waals surface area contributed by atoms with Crippen LogP contribution in [0, 0.1) is 0 Å². The molecule has 2 rings (SSSR count). The van der Waals surface area contributed by atoms with E-state index in [1.807, 2.05) is 12.1 Å². The standard InChI is InChI=1S/C21H32N2/c1-2-3-4-5-6-7-8-9-10-11-18-14-17-12-13-20(22)15-19(17)16-21(18)23/h12-16H,2-11,22-23H2,1H3. The second-order valence-corrected chi connectivity index (χ2v) is 6.74. The van der Waals surface area contributed by atoms with Crippen LogP contribution in [0.4, 0.5) is 11.4 Å². The second-order valence-electron chi connectivity index (χ2n) is 6.74. The number of nitrogen functional groups attached to an aromatic ring is 2. The Bertz CT molecular complexity index is 604. The molecule has 0 aromatic heterocycles. The smallest absolute Gasteiger partial charge is 0.0353 e. The van der Waals surface area contributed by atoms with Crippen molar-refractivity contribution in [3.8, 4) is 0 Å². The molecule has 2 aromatic rings. The number of nitrogens with two attached hydrogens (primary N) is 2. The molecular weight excluding hydrogens is 280 g/mol. The molecule has 0 saturated heterocycles. The van der Waals surface area contributed by atoms with Crippen molar-refractivity contribution in [3.63, 3.8) is 0 Å². The number of hydrogen-bond acceptors (Lipinski definition) is 2. The summed E-state index contributed by atoms with van der Waals surface area (Å²) in [6.45, 7) is 2.27. The Labute approximate surface area is 141 Å². The van der Waals surface area contributed by atoms with Crippen LogP contribution in [-0.4, -0.2) is 0 Å². The third kappa shape index (κ3) is 5.78. The Kier molecular flexibility index (Phi) is 7.25. The molecule has 0 heterocycles. The van der Waals surface area contributed by atoms with Gasteiger partial charge in [-0.15, -0.1) is 0 Å². The molecule has 0 radical (unpaired) electrons. The van der Waals surface area contributed by atoms with Gasteiger partial charge in [-0.2, -0.15) is 0 Å². The Hall–Kier alpha value is -1.70. The molecule has 0 fully saturated rings. The van der Waals surface area contributed by atoms with Crippen molar-refractivity contribution in [2.45, 2.75) is 71.1 Å². The van der Waals surface area contributed by atoms with E-state index in [4.69, 9.17) is 11.5 Å². The van der Waals surface area contributed by atoms with Gasteiger partial charge >= 0.3 is 0 Å². The zero-order valence-corrected chi connectivity index (χ0v) is 14.6. The van der Waals surface area contributed by atoms with Gasteiger partial charge in [-0.05, 0) is 53.4 Å². The van der Waals surface area contributed by atoms with Crippen molar-refractivity contribution in [2.24, 2.45) is 0 Å². The first-order valence-electron chi connectivity index (χ1n) is 9.28. The van der Waals surface area contributed by atoms with E-state index in [2.05, 4.69) is 25.1 Å². The van der Waals surface area contributed by atoms with Crippen molar-refractivity contribution in [1.82, 2.24) is 0 Å². The highest BCUT2D eigenvalue weighted by Crippen LogP contribution is 2.25. The average molecular weight is 313 g/mol. The SMILES string of the molecule is CCCCCCCCCCCc1cc2ccc(N)cc2cc1N. The Balaban J connectivity index is 1.72. The van der Waals surface area contributed by atoms with Gasteiger partial charge in [-0.3, -0.25) is 0 Å². The average Bonchev–Trinajstić information content (AvgIpc) is 2.53. The first kappa shape index (κ1) is 17.7. The maximum Gasteiger partial charge on any atom is 0.0353 e. The fraction of sp³-hybridized carbons (Fsp3) is 0.524. The molecule has 0 spiro atoms. The zero-order chi connectivity index (χ0) is 16.5. The first-order valence-corrected chi connectivity index (χ1v) is 9.28. The minimum Gasteiger partial charge on any atom is -0.399 e. The molecule has 2 heteroatoms. The Morgan fingerprint density at radius 3 is 2.04 bits per heavy atom. The number of hydrogen-bond donors (Lipinski definition) is 2. The first-order chi connectivity index (χ1) is 11.2. The molecular formula is C21H32N2. The maximum atomic E-state index is 6.20. The highest BCUT2D eigenvalue weighted by atomic mass is 14.6. The zero-order valence-electron chi connectivity index (χ0n) is 14.6. The number of benzene rings is 2. The molecule has 23 heavy (non-hydrogen) atoms. The van der Waals surface area contributed by atoms with Crippen LogP contribution in [0.15, 0.2) is 30.3 Å². The molecule has 0 aliphatic rings. The second kappa shape index (κ2) is 9.44. The van der Waals surface area contributed by atoms with Crippen LogP contribution < -0.4 is 11.5 Å². The summed E-state index contributed by atoms with van der Waals surface area (Å²) in [6.07, 6.45) is 13.3. The number of fused-ring (bicyclic) bond motifs is 1. The van der Waals surface area contributed by atoms with E-state index in [9.17, 15) is 0 Å². The van der Waals surface area contributed by atoms with Crippen LogP contribution in [0.1, 0.15) is 70.3 Å². The molecule has 0 aliphatic carbocycles. The maximum absolute atomic E-state index is 6.20. The van der Waals surface area contributed by atoms with Gasteiger partial charge in [0.25, 0.3) is 0 Å². The van der Waals surface area contributed by atoms with Crippen molar-refractivity contribution in [2.75, 3.05) is 11.5 Å². The van der Waals surface area contributed by atoms with Crippen LogP contribution in [0.3, 0.4) is 0 Å². The third-order valence-corrected chi connectivity index (χ3v) is 4.67. The van der Waals surface area contributed by atoms with Gasteiger partial charge in [-0.1, -0.05) is 64.4 Å².